The lowest BCUT2D eigenvalue weighted by Crippen LogP contribution is -2.20. The van der Waals surface area contributed by atoms with Crippen molar-refractivity contribution in [2.45, 2.75) is 6.92 Å². The van der Waals surface area contributed by atoms with Crippen molar-refractivity contribution in [2.24, 2.45) is 5.73 Å². The van der Waals surface area contributed by atoms with E-state index in [9.17, 15) is 9.59 Å². The molecule has 0 saturated heterocycles. The third kappa shape index (κ3) is 2.42. The number of hydrogen-bond donors (Lipinski definition) is 3. The number of nitrogens with one attached hydrogen (secondary N) is 1. The van der Waals surface area contributed by atoms with Crippen molar-refractivity contribution in [1.82, 2.24) is 19.9 Å². The van der Waals surface area contributed by atoms with Gasteiger partial charge in [0.2, 0.25) is 0 Å². The van der Waals surface area contributed by atoms with E-state index in [4.69, 9.17) is 16.3 Å². The smallest absolute Gasteiger partial charge is 0.331 e. The lowest BCUT2D eigenvalue weighted by molar-refractivity contribution is -0.142. The van der Waals surface area contributed by atoms with Crippen LogP contribution in [0.1, 0.15) is 17.3 Å². The first-order valence-corrected chi connectivity index (χ1v) is 7.67. The Kier molecular flexibility index (Phi) is 3.36. The molecule has 130 valence electrons. The number of benzene rings is 1. The first-order valence-electron chi connectivity index (χ1n) is 7.67. The van der Waals surface area contributed by atoms with Gasteiger partial charge in [0.25, 0.3) is 5.91 Å². The molecule has 0 fully saturated rings. The summed E-state index contributed by atoms with van der Waals surface area (Å²) < 4.78 is 0. The molecule has 4 rings (SSSR count). The van der Waals surface area contributed by atoms with Gasteiger partial charge in [0, 0.05) is 29.5 Å². The highest BCUT2D eigenvalue weighted by molar-refractivity contribution is 6.08. The Hall–Kier alpha value is -3.88. The fraction of sp³-hybridized carbons (Fsp3) is 0.0588. The molecule has 0 unspecified atom stereocenters. The lowest BCUT2D eigenvalue weighted by Gasteiger charge is -2.07. The van der Waals surface area contributed by atoms with Crippen molar-refractivity contribution >= 4 is 39.5 Å². The van der Waals surface area contributed by atoms with Gasteiger partial charge in [-0.15, -0.1) is 5.10 Å². The third-order valence-corrected chi connectivity index (χ3v) is 4.01. The number of carbonyl (C=O) groups excluding carboxylic acids is 2. The number of nitrogens with two attached hydrogens (primary N) is 2. The van der Waals surface area contributed by atoms with Crippen LogP contribution in [0.15, 0.2) is 36.8 Å². The molecule has 1 amide bonds. The summed E-state index contributed by atoms with van der Waals surface area (Å²) in [5.74, 6) is -0.835. The second kappa shape index (κ2) is 5.59. The van der Waals surface area contributed by atoms with Crippen LogP contribution in [0.4, 0.5) is 5.82 Å². The maximum Gasteiger partial charge on any atom is 0.331 e. The molecule has 9 nitrogen and oxygen atoms in total. The minimum Gasteiger partial charge on any atom is -0.384 e. The lowest BCUT2D eigenvalue weighted by atomic mass is 10.00. The molecule has 1 aromatic carbocycles. The molecule has 9 heteroatoms. The van der Waals surface area contributed by atoms with Crippen LogP contribution < -0.4 is 16.3 Å². The van der Waals surface area contributed by atoms with Crippen molar-refractivity contribution in [1.29, 1.82) is 0 Å². The molecular formula is C17H14N6O3. The number of anilines is 1. The van der Waals surface area contributed by atoms with Crippen LogP contribution >= 0.6 is 0 Å². The highest BCUT2D eigenvalue weighted by atomic mass is 16.7. The number of carbonyl (C=O) groups is 2. The molecule has 0 saturated carbocycles. The molecular weight excluding hydrogens is 336 g/mol. The number of H-pyrrole nitrogens is 1. The molecule has 0 aliphatic rings. The van der Waals surface area contributed by atoms with Gasteiger partial charge in [0.15, 0.2) is 0 Å². The number of fused-ring (bicyclic) bond motifs is 2. The SMILES string of the molecule is CC(=O)On1ncc2cc(-c3c[nH]c4cnc(N)cc34)cc(C(N)=O)c21. The quantitative estimate of drug-likeness (QED) is 0.507. The van der Waals surface area contributed by atoms with Gasteiger partial charge in [0.05, 0.1) is 23.5 Å². The Labute approximate surface area is 146 Å². The molecule has 0 bridgehead atoms. The van der Waals surface area contributed by atoms with Gasteiger partial charge in [-0.25, -0.2) is 9.78 Å². The third-order valence-electron chi connectivity index (χ3n) is 4.01. The summed E-state index contributed by atoms with van der Waals surface area (Å²) in [7, 11) is 0. The molecule has 0 spiro atoms. The number of nitrogens with zero attached hydrogens (tertiary/aromatic N) is 3. The largest absolute Gasteiger partial charge is 0.384 e. The number of nitrogen functional groups attached to an aromatic ring is 1. The zero-order valence-corrected chi connectivity index (χ0v) is 13.7. The van der Waals surface area contributed by atoms with Crippen molar-refractivity contribution in [3.8, 4) is 11.1 Å². The molecule has 0 atom stereocenters. The fourth-order valence-corrected chi connectivity index (χ4v) is 2.95. The first-order chi connectivity index (χ1) is 12.4. The van der Waals surface area contributed by atoms with E-state index in [1.165, 1.54) is 13.1 Å². The molecule has 5 N–H and O–H groups in total. The highest BCUT2D eigenvalue weighted by Crippen LogP contribution is 2.33. The summed E-state index contributed by atoms with van der Waals surface area (Å²) in [6.45, 7) is 1.25. The van der Waals surface area contributed by atoms with E-state index in [0.29, 0.717) is 16.7 Å². The average Bonchev–Trinajstić information content (AvgIpc) is 3.17. The number of aromatic nitrogens is 4. The van der Waals surface area contributed by atoms with Crippen LogP contribution in [-0.2, 0) is 4.79 Å². The molecule has 26 heavy (non-hydrogen) atoms. The van der Waals surface area contributed by atoms with Crippen LogP contribution in [0.2, 0.25) is 0 Å². The van der Waals surface area contributed by atoms with Gasteiger partial charge in [-0.3, -0.25) is 4.79 Å². The first kappa shape index (κ1) is 15.6. The van der Waals surface area contributed by atoms with Gasteiger partial charge in [-0.2, -0.15) is 0 Å². The maximum absolute atomic E-state index is 12.0. The summed E-state index contributed by atoms with van der Waals surface area (Å²) in [4.78, 5) is 36.4. The average molecular weight is 350 g/mol. The number of pyridine rings is 1. The molecule has 0 aliphatic heterocycles. The van der Waals surface area contributed by atoms with Gasteiger partial charge < -0.3 is 21.3 Å². The van der Waals surface area contributed by atoms with Gasteiger partial charge in [-0.05, 0) is 23.8 Å². The Morgan fingerprint density at radius 1 is 1.23 bits per heavy atom. The van der Waals surface area contributed by atoms with E-state index in [0.717, 1.165) is 26.9 Å². The predicted octanol–water partition coefficient (Wildman–Crippen LogP) is 1.24. The topological polar surface area (TPSA) is 142 Å². The molecule has 3 aromatic heterocycles. The standard InChI is InChI=1S/C17H14N6O3/c1-8(24)26-23-16-10(5-22-23)2-9(3-12(16)17(19)25)13-6-20-14-7-21-15(18)4-11(13)14/h2-7,20H,1H3,(H2,18,21)(H2,19,25). The van der Waals surface area contributed by atoms with Crippen LogP contribution in [-0.4, -0.2) is 31.8 Å². The zero-order valence-electron chi connectivity index (χ0n) is 13.7. The van der Waals surface area contributed by atoms with E-state index >= 15 is 0 Å². The molecule has 3 heterocycles. The van der Waals surface area contributed by atoms with Gasteiger partial charge >= 0.3 is 5.97 Å². The second-order valence-electron chi connectivity index (χ2n) is 5.78. The van der Waals surface area contributed by atoms with Crippen LogP contribution in [0.3, 0.4) is 0 Å². The number of rotatable bonds is 3. The van der Waals surface area contributed by atoms with E-state index < -0.39 is 11.9 Å². The monoisotopic (exact) mass is 350 g/mol. The predicted molar refractivity (Wildman–Crippen MR) is 95.0 cm³/mol. The van der Waals surface area contributed by atoms with Gasteiger partial charge in [0.1, 0.15) is 11.3 Å². The van der Waals surface area contributed by atoms with Crippen LogP contribution in [0.25, 0.3) is 32.9 Å². The van der Waals surface area contributed by atoms with Crippen molar-refractivity contribution in [3.05, 3.63) is 42.4 Å². The Morgan fingerprint density at radius 2 is 2.04 bits per heavy atom. The normalized spacial score (nSPS) is 11.1. The second-order valence-corrected chi connectivity index (χ2v) is 5.78. The fourth-order valence-electron chi connectivity index (χ4n) is 2.95. The van der Waals surface area contributed by atoms with E-state index in [1.54, 1.807) is 24.5 Å². The molecule has 0 radical (unpaired) electrons. The Morgan fingerprint density at radius 3 is 2.77 bits per heavy atom. The summed E-state index contributed by atoms with van der Waals surface area (Å²) in [5, 5.41) is 5.47. The van der Waals surface area contributed by atoms with Gasteiger partial charge in [-0.1, -0.05) is 4.85 Å². The number of primary amides is 1. The molecule has 4 aromatic rings. The van der Waals surface area contributed by atoms with Crippen molar-refractivity contribution < 1.29 is 14.4 Å². The number of hydrogen-bond acceptors (Lipinski definition) is 6. The van der Waals surface area contributed by atoms with Crippen molar-refractivity contribution in [2.75, 3.05) is 5.73 Å². The minimum atomic E-state index is -0.660. The number of aromatic amines is 1. The van der Waals surface area contributed by atoms with E-state index in [2.05, 4.69) is 15.1 Å². The highest BCUT2D eigenvalue weighted by Gasteiger charge is 2.18. The van der Waals surface area contributed by atoms with Crippen LogP contribution in [0, 0.1) is 0 Å². The van der Waals surface area contributed by atoms with E-state index in [1.807, 2.05) is 6.07 Å². The van der Waals surface area contributed by atoms with Crippen molar-refractivity contribution in [3.63, 3.8) is 0 Å². The Balaban J connectivity index is 1.98. The Bertz CT molecular complexity index is 1190. The summed E-state index contributed by atoms with van der Waals surface area (Å²) >= 11 is 0. The summed E-state index contributed by atoms with van der Waals surface area (Å²) in [6.07, 6.45) is 4.94. The summed E-state index contributed by atoms with van der Waals surface area (Å²) in [5.41, 5.74) is 14.2. The van der Waals surface area contributed by atoms with Crippen LogP contribution in [0.5, 0.6) is 0 Å². The zero-order chi connectivity index (χ0) is 18.4. The minimum absolute atomic E-state index is 0.188. The summed E-state index contributed by atoms with van der Waals surface area (Å²) in [6, 6.07) is 5.21. The maximum atomic E-state index is 12.0. The molecule has 0 aliphatic carbocycles. The van der Waals surface area contributed by atoms with E-state index in [-0.39, 0.29) is 5.56 Å². The number of amides is 1.